The molecule has 9 nitrogen and oxygen atoms in total. The summed E-state index contributed by atoms with van der Waals surface area (Å²) in [5.74, 6) is 2.50. The number of nitrogens with zero attached hydrogens (tertiary/aromatic N) is 7. The number of ether oxygens (including phenoxy) is 1. The molecule has 2 aliphatic heterocycles. The van der Waals surface area contributed by atoms with Gasteiger partial charge in [0.25, 0.3) is 0 Å². The summed E-state index contributed by atoms with van der Waals surface area (Å²) in [6, 6.07) is 8.16. The molecule has 2 fully saturated rings. The molecule has 1 aromatic carbocycles. The molecule has 2 aliphatic rings. The lowest BCUT2D eigenvalue weighted by Crippen LogP contribution is -2.49. The van der Waals surface area contributed by atoms with Gasteiger partial charge in [0.05, 0.1) is 13.3 Å². The molecule has 0 bridgehead atoms. The number of carbonyl (C=O) groups is 1. The maximum atomic E-state index is 11.5. The first-order chi connectivity index (χ1) is 14.1. The fraction of sp³-hybridized carbons (Fsp3) is 0.500. The van der Waals surface area contributed by atoms with Gasteiger partial charge >= 0.3 is 0 Å². The normalized spacial score (nSPS) is 17.4. The van der Waals surface area contributed by atoms with Crippen LogP contribution in [-0.4, -0.2) is 85.5 Å². The van der Waals surface area contributed by atoms with Gasteiger partial charge in [-0.1, -0.05) is 0 Å². The Labute approximate surface area is 170 Å². The van der Waals surface area contributed by atoms with E-state index >= 15 is 0 Å². The van der Waals surface area contributed by atoms with Crippen molar-refractivity contribution in [3.8, 4) is 5.75 Å². The minimum Gasteiger partial charge on any atom is -0.497 e. The van der Waals surface area contributed by atoms with Crippen molar-refractivity contribution in [3.05, 3.63) is 30.5 Å². The lowest BCUT2D eigenvalue weighted by atomic mass is 10.2. The number of methoxy groups -OCH3 is 1. The third-order valence-corrected chi connectivity index (χ3v) is 5.58. The van der Waals surface area contributed by atoms with E-state index in [4.69, 9.17) is 9.72 Å². The van der Waals surface area contributed by atoms with Crippen LogP contribution in [0.4, 0.5) is 17.5 Å². The van der Waals surface area contributed by atoms with E-state index in [1.165, 1.54) is 5.69 Å². The molecule has 0 saturated carbocycles. The van der Waals surface area contributed by atoms with E-state index in [0.717, 1.165) is 63.9 Å². The second-order valence-electron chi connectivity index (χ2n) is 7.28. The van der Waals surface area contributed by atoms with Gasteiger partial charge in [0.1, 0.15) is 5.75 Å². The number of aromatic nitrogens is 3. The average molecular weight is 397 g/mol. The molecule has 3 heterocycles. The number of amides is 1. The fourth-order valence-corrected chi connectivity index (χ4v) is 3.78. The van der Waals surface area contributed by atoms with E-state index < -0.39 is 0 Å². The molecule has 1 aromatic heterocycles. The summed E-state index contributed by atoms with van der Waals surface area (Å²) in [5, 5.41) is 8.44. The lowest BCUT2D eigenvalue weighted by Gasteiger charge is -2.37. The van der Waals surface area contributed by atoms with Crippen molar-refractivity contribution >= 4 is 23.4 Å². The first-order valence-corrected chi connectivity index (χ1v) is 9.98. The monoisotopic (exact) mass is 397 g/mol. The molecular formula is C20H27N7O2. The standard InChI is InChI=1S/C20H27N7O2/c1-16(28)24-7-11-26(12-8-24)19-15-21-23-20(22-19)27-13-9-25(10-14-27)17-3-5-18(29-2)6-4-17/h3-6,15H,7-14H2,1-2H3. The topological polar surface area (TPSA) is 77.9 Å². The summed E-state index contributed by atoms with van der Waals surface area (Å²) < 4.78 is 5.24. The Bertz CT molecular complexity index is 829. The van der Waals surface area contributed by atoms with Crippen LogP contribution >= 0.6 is 0 Å². The minimum absolute atomic E-state index is 0.126. The van der Waals surface area contributed by atoms with E-state index in [-0.39, 0.29) is 5.91 Å². The van der Waals surface area contributed by atoms with E-state index in [9.17, 15) is 4.79 Å². The van der Waals surface area contributed by atoms with Crippen molar-refractivity contribution < 1.29 is 9.53 Å². The van der Waals surface area contributed by atoms with Crippen LogP contribution in [0.1, 0.15) is 6.92 Å². The first kappa shape index (κ1) is 19.2. The summed E-state index contributed by atoms with van der Waals surface area (Å²) in [6.45, 7) is 8.07. The van der Waals surface area contributed by atoms with Crippen molar-refractivity contribution in [2.24, 2.45) is 0 Å². The highest BCUT2D eigenvalue weighted by molar-refractivity contribution is 5.73. The Balaban J connectivity index is 1.36. The highest BCUT2D eigenvalue weighted by Crippen LogP contribution is 2.22. The van der Waals surface area contributed by atoms with Gasteiger partial charge in [-0.15, -0.1) is 5.10 Å². The molecule has 9 heteroatoms. The Kier molecular flexibility index (Phi) is 5.64. The predicted molar refractivity (Wildman–Crippen MR) is 112 cm³/mol. The smallest absolute Gasteiger partial charge is 0.247 e. The molecule has 0 unspecified atom stereocenters. The minimum atomic E-state index is 0.126. The van der Waals surface area contributed by atoms with Crippen molar-refractivity contribution in [2.45, 2.75) is 6.92 Å². The summed E-state index contributed by atoms with van der Waals surface area (Å²) in [4.78, 5) is 24.8. The summed E-state index contributed by atoms with van der Waals surface area (Å²) in [5.41, 5.74) is 1.20. The summed E-state index contributed by atoms with van der Waals surface area (Å²) >= 11 is 0. The van der Waals surface area contributed by atoms with Crippen LogP contribution in [0.2, 0.25) is 0 Å². The number of piperazine rings is 2. The molecule has 0 N–H and O–H groups in total. The number of benzene rings is 1. The maximum Gasteiger partial charge on any atom is 0.247 e. The van der Waals surface area contributed by atoms with E-state index in [2.05, 4.69) is 37.0 Å². The van der Waals surface area contributed by atoms with Gasteiger partial charge in [-0.2, -0.15) is 10.1 Å². The fourth-order valence-electron chi connectivity index (χ4n) is 3.78. The van der Waals surface area contributed by atoms with Crippen LogP contribution in [0.15, 0.2) is 30.5 Å². The third kappa shape index (κ3) is 4.33. The van der Waals surface area contributed by atoms with Crippen LogP contribution in [0.25, 0.3) is 0 Å². The predicted octanol–water partition coefficient (Wildman–Crippen LogP) is 0.875. The zero-order valence-electron chi connectivity index (χ0n) is 17.0. The van der Waals surface area contributed by atoms with Crippen LogP contribution in [-0.2, 0) is 4.79 Å². The number of carbonyl (C=O) groups excluding carboxylic acids is 1. The maximum absolute atomic E-state index is 11.5. The molecule has 0 atom stereocenters. The van der Waals surface area contributed by atoms with Crippen molar-refractivity contribution in [1.82, 2.24) is 20.1 Å². The van der Waals surface area contributed by atoms with Crippen molar-refractivity contribution in [3.63, 3.8) is 0 Å². The zero-order valence-corrected chi connectivity index (χ0v) is 17.0. The van der Waals surface area contributed by atoms with Crippen LogP contribution in [0.5, 0.6) is 5.75 Å². The van der Waals surface area contributed by atoms with Gasteiger partial charge in [0.15, 0.2) is 5.82 Å². The number of rotatable bonds is 4. The van der Waals surface area contributed by atoms with Gasteiger partial charge in [-0.25, -0.2) is 0 Å². The molecule has 1 amide bonds. The molecule has 29 heavy (non-hydrogen) atoms. The van der Waals surface area contributed by atoms with Crippen molar-refractivity contribution in [2.75, 3.05) is 74.2 Å². The summed E-state index contributed by atoms with van der Waals surface area (Å²) in [7, 11) is 1.68. The van der Waals surface area contributed by atoms with E-state index in [1.807, 2.05) is 17.0 Å². The molecule has 2 aromatic rings. The third-order valence-electron chi connectivity index (χ3n) is 5.58. The van der Waals surface area contributed by atoms with E-state index in [1.54, 1.807) is 20.2 Å². The van der Waals surface area contributed by atoms with Gasteiger partial charge in [0, 0.05) is 65.0 Å². The molecule has 0 spiro atoms. The van der Waals surface area contributed by atoms with E-state index in [0.29, 0.717) is 5.95 Å². The Hall–Kier alpha value is -3.10. The van der Waals surface area contributed by atoms with Gasteiger partial charge < -0.3 is 24.3 Å². The van der Waals surface area contributed by atoms with Crippen LogP contribution < -0.4 is 19.4 Å². The Morgan fingerprint density at radius 3 is 2.14 bits per heavy atom. The Morgan fingerprint density at radius 1 is 0.897 bits per heavy atom. The second-order valence-corrected chi connectivity index (χ2v) is 7.28. The number of anilines is 3. The number of hydrogen-bond donors (Lipinski definition) is 0. The van der Waals surface area contributed by atoms with Crippen LogP contribution in [0.3, 0.4) is 0 Å². The number of hydrogen-bond acceptors (Lipinski definition) is 8. The summed E-state index contributed by atoms with van der Waals surface area (Å²) in [6.07, 6.45) is 1.71. The Morgan fingerprint density at radius 2 is 1.52 bits per heavy atom. The quantitative estimate of drug-likeness (QED) is 0.752. The molecule has 2 saturated heterocycles. The average Bonchev–Trinajstić information content (AvgIpc) is 2.79. The first-order valence-electron chi connectivity index (χ1n) is 9.98. The molecule has 0 radical (unpaired) electrons. The molecular weight excluding hydrogens is 370 g/mol. The van der Waals surface area contributed by atoms with Gasteiger partial charge in [0.2, 0.25) is 11.9 Å². The van der Waals surface area contributed by atoms with Gasteiger partial charge in [-0.05, 0) is 24.3 Å². The van der Waals surface area contributed by atoms with Crippen LogP contribution in [0, 0.1) is 0 Å². The zero-order chi connectivity index (χ0) is 20.2. The highest BCUT2D eigenvalue weighted by Gasteiger charge is 2.23. The highest BCUT2D eigenvalue weighted by atomic mass is 16.5. The molecule has 4 rings (SSSR count). The molecule has 0 aliphatic carbocycles. The SMILES string of the molecule is COc1ccc(N2CCN(c3nncc(N4CCN(C(C)=O)CC4)n3)CC2)cc1. The van der Waals surface area contributed by atoms with Crippen molar-refractivity contribution in [1.29, 1.82) is 0 Å². The second kappa shape index (κ2) is 8.50. The van der Waals surface area contributed by atoms with Gasteiger partial charge in [-0.3, -0.25) is 4.79 Å². The lowest BCUT2D eigenvalue weighted by molar-refractivity contribution is -0.129. The largest absolute Gasteiger partial charge is 0.497 e. The molecule has 154 valence electrons.